The van der Waals surface area contributed by atoms with Gasteiger partial charge in [-0.2, -0.15) is 5.10 Å². The molecule has 0 radical (unpaired) electrons. The Morgan fingerprint density at radius 3 is 2.94 bits per heavy atom. The van der Waals surface area contributed by atoms with E-state index in [2.05, 4.69) is 10.5 Å². The molecule has 0 fully saturated rings. The van der Waals surface area contributed by atoms with Crippen molar-refractivity contribution in [3.8, 4) is 0 Å². The zero-order chi connectivity index (χ0) is 13.0. The van der Waals surface area contributed by atoms with E-state index in [4.69, 9.17) is 5.84 Å². The molecule has 0 aliphatic rings. The SMILES string of the molecule is CCn1cc(CC(NN)c2cccc(F)c2)cn1. The summed E-state index contributed by atoms with van der Waals surface area (Å²) in [5, 5.41) is 4.21. The van der Waals surface area contributed by atoms with E-state index in [0.717, 1.165) is 17.7 Å². The third kappa shape index (κ3) is 2.94. The summed E-state index contributed by atoms with van der Waals surface area (Å²) in [6, 6.07) is 6.35. The highest BCUT2D eigenvalue weighted by molar-refractivity contribution is 5.22. The van der Waals surface area contributed by atoms with Gasteiger partial charge in [-0.3, -0.25) is 16.0 Å². The second-order valence-electron chi connectivity index (χ2n) is 4.18. The summed E-state index contributed by atoms with van der Waals surface area (Å²) in [6.07, 6.45) is 4.47. The minimum absolute atomic E-state index is 0.116. The van der Waals surface area contributed by atoms with Crippen LogP contribution in [-0.2, 0) is 13.0 Å². The van der Waals surface area contributed by atoms with Gasteiger partial charge in [0.05, 0.1) is 12.2 Å². The van der Waals surface area contributed by atoms with Crippen molar-refractivity contribution in [1.29, 1.82) is 0 Å². The first-order valence-electron chi connectivity index (χ1n) is 5.96. The first-order chi connectivity index (χ1) is 8.72. The fourth-order valence-electron chi connectivity index (χ4n) is 1.92. The van der Waals surface area contributed by atoms with Gasteiger partial charge in [-0.25, -0.2) is 4.39 Å². The Bertz CT molecular complexity index is 509. The van der Waals surface area contributed by atoms with Crippen LogP contribution < -0.4 is 11.3 Å². The fraction of sp³-hybridized carbons (Fsp3) is 0.308. The molecule has 0 aliphatic heterocycles. The number of hydrogen-bond donors (Lipinski definition) is 2. The van der Waals surface area contributed by atoms with Crippen molar-refractivity contribution in [3.05, 3.63) is 53.6 Å². The molecule has 0 amide bonds. The van der Waals surface area contributed by atoms with Gasteiger partial charge in [0, 0.05) is 12.7 Å². The summed E-state index contributed by atoms with van der Waals surface area (Å²) in [5.41, 5.74) is 4.63. The van der Waals surface area contributed by atoms with E-state index in [-0.39, 0.29) is 11.9 Å². The highest BCUT2D eigenvalue weighted by Crippen LogP contribution is 2.18. The monoisotopic (exact) mass is 248 g/mol. The van der Waals surface area contributed by atoms with Crippen molar-refractivity contribution in [2.45, 2.75) is 25.9 Å². The standard InChI is InChI=1S/C13H17FN4/c1-2-18-9-10(8-16-18)6-13(17-15)11-4-3-5-12(14)7-11/h3-5,7-9,13,17H,2,6,15H2,1H3. The molecule has 2 aromatic rings. The highest BCUT2D eigenvalue weighted by atomic mass is 19.1. The summed E-state index contributed by atoms with van der Waals surface area (Å²) < 4.78 is 15.0. The summed E-state index contributed by atoms with van der Waals surface area (Å²) in [5.74, 6) is 5.29. The van der Waals surface area contributed by atoms with Crippen molar-refractivity contribution in [3.63, 3.8) is 0 Å². The lowest BCUT2D eigenvalue weighted by Gasteiger charge is -2.15. The number of hydrazine groups is 1. The maximum Gasteiger partial charge on any atom is 0.123 e. The summed E-state index contributed by atoms with van der Waals surface area (Å²) in [7, 11) is 0. The van der Waals surface area contributed by atoms with E-state index in [9.17, 15) is 4.39 Å². The zero-order valence-electron chi connectivity index (χ0n) is 10.3. The molecule has 0 saturated carbocycles. The molecular weight excluding hydrogens is 231 g/mol. The number of rotatable bonds is 5. The van der Waals surface area contributed by atoms with Gasteiger partial charge in [-0.15, -0.1) is 0 Å². The van der Waals surface area contributed by atoms with Gasteiger partial charge in [0.2, 0.25) is 0 Å². The van der Waals surface area contributed by atoms with E-state index >= 15 is 0 Å². The lowest BCUT2D eigenvalue weighted by atomic mass is 10.0. The Labute approximate surface area is 106 Å². The molecule has 1 aromatic carbocycles. The Hall–Kier alpha value is -1.72. The van der Waals surface area contributed by atoms with Crippen molar-refractivity contribution in [2.24, 2.45) is 5.84 Å². The molecule has 0 aliphatic carbocycles. The Morgan fingerprint density at radius 2 is 2.33 bits per heavy atom. The second-order valence-corrected chi connectivity index (χ2v) is 4.18. The molecule has 1 aromatic heterocycles. The number of nitrogens with one attached hydrogen (secondary N) is 1. The third-order valence-corrected chi connectivity index (χ3v) is 2.90. The van der Waals surface area contributed by atoms with Crippen LogP contribution in [0.5, 0.6) is 0 Å². The number of aryl methyl sites for hydroxylation is 1. The molecule has 0 bridgehead atoms. The summed E-state index contributed by atoms with van der Waals surface area (Å²) in [4.78, 5) is 0. The highest BCUT2D eigenvalue weighted by Gasteiger charge is 2.12. The van der Waals surface area contributed by atoms with E-state index < -0.39 is 0 Å². The second kappa shape index (κ2) is 5.75. The van der Waals surface area contributed by atoms with E-state index in [1.54, 1.807) is 6.07 Å². The molecule has 0 saturated heterocycles. The first kappa shape index (κ1) is 12.7. The van der Waals surface area contributed by atoms with E-state index in [1.807, 2.05) is 30.1 Å². The van der Waals surface area contributed by atoms with Gasteiger partial charge in [-0.1, -0.05) is 12.1 Å². The van der Waals surface area contributed by atoms with Gasteiger partial charge in [-0.05, 0) is 36.6 Å². The normalized spacial score (nSPS) is 12.6. The first-order valence-corrected chi connectivity index (χ1v) is 5.96. The van der Waals surface area contributed by atoms with E-state index in [1.165, 1.54) is 12.1 Å². The van der Waals surface area contributed by atoms with Crippen LogP contribution in [0, 0.1) is 5.82 Å². The van der Waals surface area contributed by atoms with Crippen LogP contribution in [-0.4, -0.2) is 9.78 Å². The Morgan fingerprint density at radius 1 is 1.50 bits per heavy atom. The number of hydrogen-bond acceptors (Lipinski definition) is 3. The van der Waals surface area contributed by atoms with Crippen LogP contribution in [0.3, 0.4) is 0 Å². The maximum absolute atomic E-state index is 13.2. The fourth-order valence-corrected chi connectivity index (χ4v) is 1.92. The molecule has 1 heterocycles. The van der Waals surface area contributed by atoms with Crippen LogP contribution in [0.4, 0.5) is 4.39 Å². The average Bonchev–Trinajstić information content (AvgIpc) is 2.83. The van der Waals surface area contributed by atoms with Gasteiger partial charge in [0.25, 0.3) is 0 Å². The van der Waals surface area contributed by atoms with Gasteiger partial charge in [0.1, 0.15) is 5.82 Å². The molecule has 96 valence electrons. The lowest BCUT2D eigenvalue weighted by Crippen LogP contribution is -2.29. The molecule has 5 heteroatoms. The molecular formula is C13H17FN4. The third-order valence-electron chi connectivity index (χ3n) is 2.90. The number of aromatic nitrogens is 2. The quantitative estimate of drug-likeness (QED) is 0.626. The van der Waals surface area contributed by atoms with Crippen LogP contribution in [0.2, 0.25) is 0 Å². The number of halogens is 1. The van der Waals surface area contributed by atoms with E-state index in [0.29, 0.717) is 6.42 Å². The van der Waals surface area contributed by atoms with Crippen molar-refractivity contribution >= 4 is 0 Å². The molecule has 18 heavy (non-hydrogen) atoms. The number of benzene rings is 1. The molecule has 1 atom stereocenters. The predicted octanol–water partition coefficient (Wildman–Crippen LogP) is 1.79. The molecule has 4 nitrogen and oxygen atoms in total. The predicted molar refractivity (Wildman–Crippen MR) is 68.1 cm³/mol. The van der Waals surface area contributed by atoms with Gasteiger partial charge in [0.15, 0.2) is 0 Å². The largest absolute Gasteiger partial charge is 0.273 e. The minimum Gasteiger partial charge on any atom is -0.273 e. The average molecular weight is 248 g/mol. The lowest BCUT2D eigenvalue weighted by molar-refractivity contribution is 0.544. The number of nitrogens with two attached hydrogens (primary N) is 1. The minimum atomic E-state index is -0.253. The molecule has 3 N–H and O–H groups in total. The topological polar surface area (TPSA) is 55.9 Å². The van der Waals surface area contributed by atoms with Gasteiger partial charge >= 0.3 is 0 Å². The number of nitrogens with zero attached hydrogens (tertiary/aromatic N) is 2. The van der Waals surface area contributed by atoms with Crippen LogP contribution in [0.25, 0.3) is 0 Å². The summed E-state index contributed by atoms with van der Waals surface area (Å²) in [6.45, 7) is 2.86. The molecule has 0 spiro atoms. The Kier molecular flexibility index (Phi) is 4.07. The van der Waals surface area contributed by atoms with Crippen LogP contribution in [0.1, 0.15) is 24.1 Å². The smallest absolute Gasteiger partial charge is 0.123 e. The van der Waals surface area contributed by atoms with Crippen LogP contribution in [0.15, 0.2) is 36.7 Å². The van der Waals surface area contributed by atoms with Crippen molar-refractivity contribution in [2.75, 3.05) is 0 Å². The van der Waals surface area contributed by atoms with Crippen molar-refractivity contribution < 1.29 is 4.39 Å². The van der Waals surface area contributed by atoms with Crippen molar-refractivity contribution in [1.82, 2.24) is 15.2 Å². The summed E-state index contributed by atoms with van der Waals surface area (Å²) >= 11 is 0. The molecule has 2 rings (SSSR count). The molecule has 1 unspecified atom stereocenters. The zero-order valence-corrected chi connectivity index (χ0v) is 10.3. The van der Waals surface area contributed by atoms with Gasteiger partial charge < -0.3 is 0 Å². The maximum atomic E-state index is 13.2. The van der Waals surface area contributed by atoms with Crippen LogP contribution >= 0.6 is 0 Å². The Balaban J connectivity index is 2.14.